The first kappa shape index (κ1) is 12.4. The fourth-order valence-corrected chi connectivity index (χ4v) is 2.95. The predicted octanol–water partition coefficient (Wildman–Crippen LogP) is 5.13. The van der Waals surface area contributed by atoms with E-state index in [1.165, 1.54) is 29.1 Å². The summed E-state index contributed by atoms with van der Waals surface area (Å²) in [6, 6.07) is 6.23. The Morgan fingerprint density at radius 3 is 2.86 bits per heavy atom. The second-order valence-electron chi connectivity index (χ2n) is 3.09. The summed E-state index contributed by atoms with van der Waals surface area (Å²) in [5.41, 5.74) is 1.17. The lowest BCUT2D eigenvalue weighted by Gasteiger charge is -2.04. The van der Waals surface area contributed by atoms with Crippen LogP contribution in [0.1, 0.15) is 25.3 Å². The third-order valence-electron chi connectivity index (χ3n) is 1.93. The maximum Gasteiger partial charge on any atom is 0.0447 e. The maximum atomic E-state index is 6.02. The lowest BCUT2D eigenvalue weighted by atomic mass is 10.2. The third kappa shape index (κ3) is 3.84. The molecule has 0 aliphatic carbocycles. The fraction of sp³-hybridized carbons (Fsp3) is 0.455. The van der Waals surface area contributed by atoms with E-state index in [1.807, 2.05) is 17.8 Å². The van der Waals surface area contributed by atoms with Gasteiger partial charge in [0.05, 0.1) is 0 Å². The van der Waals surface area contributed by atoms with Gasteiger partial charge < -0.3 is 0 Å². The van der Waals surface area contributed by atoms with Crippen molar-refractivity contribution in [3.63, 3.8) is 0 Å². The maximum absolute atomic E-state index is 6.02. The van der Waals surface area contributed by atoms with E-state index in [1.54, 1.807) is 0 Å². The topological polar surface area (TPSA) is 0 Å². The van der Waals surface area contributed by atoms with Crippen LogP contribution in [0, 0.1) is 0 Å². The molecule has 1 aromatic rings. The fourth-order valence-electron chi connectivity index (χ4n) is 1.08. The monoisotopic (exact) mass is 292 g/mol. The van der Waals surface area contributed by atoms with Gasteiger partial charge >= 0.3 is 0 Å². The largest absolute Gasteiger partial charge is 0.126 e. The summed E-state index contributed by atoms with van der Waals surface area (Å²) in [6.07, 6.45) is 2.53. The molecule has 0 heterocycles. The van der Waals surface area contributed by atoms with Gasteiger partial charge in [0.1, 0.15) is 0 Å². The molecule has 78 valence electrons. The van der Waals surface area contributed by atoms with Crippen molar-refractivity contribution in [1.82, 2.24) is 0 Å². The molecule has 0 atom stereocenters. The first-order chi connectivity index (χ1) is 6.77. The number of rotatable bonds is 5. The van der Waals surface area contributed by atoms with Gasteiger partial charge in [-0.05, 0) is 35.9 Å². The van der Waals surface area contributed by atoms with E-state index >= 15 is 0 Å². The van der Waals surface area contributed by atoms with Gasteiger partial charge in [-0.2, -0.15) is 0 Å². The number of halogens is 2. The summed E-state index contributed by atoms with van der Waals surface area (Å²) in [6.45, 7) is 2.21. The molecular weight excluding hydrogens is 280 g/mol. The lowest BCUT2D eigenvalue weighted by molar-refractivity contribution is 0.896. The molecule has 0 saturated heterocycles. The molecule has 0 bridgehead atoms. The van der Waals surface area contributed by atoms with Gasteiger partial charge in [0.25, 0.3) is 0 Å². The highest BCUT2D eigenvalue weighted by Crippen LogP contribution is 2.26. The summed E-state index contributed by atoms with van der Waals surface area (Å²) in [5.74, 6) is 1.19. The Balaban J connectivity index is 2.60. The van der Waals surface area contributed by atoms with Crippen LogP contribution in [-0.2, 0) is 5.33 Å². The van der Waals surface area contributed by atoms with Crippen LogP contribution in [0.15, 0.2) is 23.1 Å². The van der Waals surface area contributed by atoms with Gasteiger partial charge in [0, 0.05) is 15.2 Å². The van der Waals surface area contributed by atoms with Crippen LogP contribution in [0.5, 0.6) is 0 Å². The van der Waals surface area contributed by atoms with Crippen molar-refractivity contribution >= 4 is 39.3 Å². The molecule has 3 heteroatoms. The van der Waals surface area contributed by atoms with Gasteiger partial charge in [0.2, 0.25) is 0 Å². The van der Waals surface area contributed by atoms with Crippen LogP contribution in [-0.4, -0.2) is 5.75 Å². The highest BCUT2D eigenvalue weighted by atomic mass is 79.9. The first-order valence-electron chi connectivity index (χ1n) is 4.75. The highest BCUT2D eigenvalue weighted by molar-refractivity contribution is 9.08. The molecule has 0 aliphatic rings. The lowest BCUT2D eigenvalue weighted by Crippen LogP contribution is -1.83. The number of hydrogen-bond acceptors (Lipinski definition) is 1. The standard InChI is InChI=1S/C11H14BrClS/c1-2-3-6-14-10-4-5-11(13)9(7-10)8-12/h4-5,7H,2-3,6,8H2,1H3. The molecule has 0 spiro atoms. The average Bonchev–Trinajstić information content (AvgIpc) is 2.21. The Hall–Kier alpha value is 0.340. The van der Waals surface area contributed by atoms with Crippen molar-refractivity contribution in [2.45, 2.75) is 30.0 Å². The summed E-state index contributed by atoms with van der Waals surface area (Å²) in [5, 5.41) is 1.68. The molecule has 0 unspecified atom stereocenters. The molecule has 0 nitrogen and oxygen atoms in total. The zero-order valence-electron chi connectivity index (χ0n) is 8.22. The molecule has 0 amide bonds. The Bertz CT molecular complexity index is 289. The molecule has 0 fully saturated rings. The Morgan fingerprint density at radius 1 is 1.43 bits per heavy atom. The first-order valence-corrected chi connectivity index (χ1v) is 7.23. The second-order valence-corrected chi connectivity index (χ2v) is 5.23. The summed E-state index contributed by atoms with van der Waals surface area (Å²) in [4.78, 5) is 1.32. The molecule has 14 heavy (non-hydrogen) atoms. The highest BCUT2D eigenvalue weighted by Gasteiger charge is 2.00. The van der Waals surface area contributed by atoms with E-state index in [2.05, 4.69) is 35.0 Å². The van der Waals surface area contributed by atoms with Crippen molar-refractivity contribution in [3.8, 4) is 0 Å². The van der Waals surface area contributed by atoms with Gasteiger partial charge in [-0.3, -0.25) is 0 Å². The Morgan fingerprint density at radius 2 is 2.21 bits per heavy atom. The van der Waals surface area contributed by atoms with Crippen LogP contribution in [0.3, 0.4) is 0 Å². The molecular formula is C11H14BrClS. The zero-order chi connectivity index (χ0) is 10.4. The molecule has 1 aromatic carbocycles. The Labute approximate surface area is 104 Å². The molecule has 0 N–H and O–H groups in total. The van der Waals surface area contributed by atoms with E-state index in [0.29, 0.717) is 0 Å². The number of thioether (sulfide) groups is 1. The normalized spacial score (nSPS) is 10.5. The van der Waals surface area contributed by atoms with Gasteiger partial charge in [-0.15, -0.1) is 11.8 Å². The number of alkyl halides is 1. The number of unbranched alkanes of at least 4 members (excludes halogenated alkanes) is 1. The van der Waals surface area contributed by atoms with E-state index in [-0.39, 0.29) is 0 Å². The van der Waals surface area contributed by atoms with Gasteiger partial charge in [0.15, 0.2) is 0 Å². The zero-order valence-corrected chi connectivity index (χ0v) is 11.4. The van der Waals surface area contributed by atoms with E-state index in [4.69, 9.17) is 11.6 Å². The third-order valence-corrected chi connectivity index (χ3v) is 3.98. The van der Waals surface area contributed by atoms with Crippen molar-refractivity contribution in [1.29, 1.82) is 0 Å². The number of hydrogen-bond donors (Lipinski definition) is 0. The summed E-state index contributed by atoms with van der Waals surface area (Å²) < 4.78 is 0. The minimum atomic E-state index is 0.827. The molecule has 0 saturated carbocycles. The van der Waals surface area contributed by atoms with Crippen LogP contribution >= 0.6 is 39.3 Å². The van der Waals surface area contributed by atoms with Crippen LogP contribution < -0.4 is 0 Å². The average molecular weight is 294 g/mol. The van der Waals surface area contributed by atoms with Crippen molar-refractivity contribution in [3.05, 3.63) is 28.8 Å². The Kier molecular flexibility index (Phi) is 5.99. The van der Waals surface area contributed by atoms with Crippen molar-refractivity contribution < 1.29 is 0 Å². The van der Waals surface area contributed by atoms with Crippen molar-refractivity contribution in [2.75, 3.05) is 5.75 Å². The minimum absolute atomic E-state index is 0.827. The summed E-state index contributed by atoms with van der Waals surface area (Å²) in [7, 11) is 0. The van der Waals surface area contributed by atoms with Gasteiger partial charge in [-0.25, -0.2) is 0 Å². The van der Waals surface area contributed by atoms with Crippen LogP contribution in [0.2, 0.25) is 5.02 Å². The molecule has 0 aromatic heterocycles. The van der Waals surface area contributed by atoms with E-state index in [9.17, 15) is 0 Å². The van der Waals surface area contributed by atoms with E-state index in [0.717, 1.165) is 10.4 Å². The van der Waals surface area contributed by atoms with E-state index < -0.39 is 0 Å². The summed E-state index contributed by atoms with van der Waals surface area (Å²) >= 11 is 11.4. The molecule has 0 radical (unpaired) electrons. The van der Waals surface area contributed by atoms with Crippen LogP contribution in [0.4, 0.5) is 0 Å². The smallest absolute Gasteiger partial charge is 0.0447 e. The van der Waals surface area contributed by atoms with Crippen LogP contribution in [0.25, 0.3) is 0 Å². The van der Waals surface area contributed by atoms with Gasteiger partial charge in [-0.1, -0.05) is 40.9 Å². The van der Waals surface area contributed by atoms with Crippen molar-refractivity contribution in [2.24, 2.45) is 0 Å². The minimum Gasteiger partial charge on any atom is -0.126 e. The molecule has 0 aliphatic heterocycles. The SMILES string of the molecule is CCCCSc1ccc(Cl)c(CBr)c1. The number of benzene rings is 1. The molecule has 1 rings (SSSR count). The quantitative estimate of drug-likeness (QED) is 0.412. The second kappa shape index (κ2) is 6.76. The predicted molar refractivity (Wildman–Crippen MR) is 69.7 cm³/mol.